The number of benzene rings is 1. The van der Waals surface area contributed by atoms with E-state index in [0.717, 1.165) is 47.5 Å². The lowest BCUT2D eigenvalue weighted by Crippen LogP contribution is -2.39. The Balaban J connectivity index is 1.50. The molecule has 0 unspecified atom stereocenters. The van der Waals surface area contributed by atoms with Gasteiger partial charge in [0.15, 0.2) is 5.13 Å². The summed E-state index contributed by atoms with van der Waals surface area (Å²) < 4.78 is 0. The smallest absolute Gasteiger partial charge is 0.318 e. The number of hydrogen-bond donors (Lipinski definition) is 3. The standard InChI is InChI=1S/C17H20N6OS/c1-10-4-2-5-12-14(10)22-15(21-12)13-6-3-7-23(13)17(24)19-8-11-9-25-16(18)20-11/h2,4-5,9,13H,3,6-8H2,1H3,(H2,18,20)(H,19,24)(H,21,22)/t13-/m0/s1. The van der Waals surface area contributed by atoms with Crippen LogP contribution >= 0.6 is 11.3 Å². The molecule has 4 rings (SSSR count). The van der Waals surface area contributed by atoms with Crippen molar-refractivity contribution in [2.45, 2.75) is 32.4 Å². The third kappa shape index (κ3) is 3.05. The molecule has 0 saturated carbocycles. The Bertz CT molecular complexity index is 917. The monoisotopic (exact) mass is 356 g/mol. The number of imidazole rings is 1. The quantitative estimate of drug-likeness (QED) is 0.672. The minimum absolute atomic E-state index is 0.0210. The second-order valence-electron chi connectivity index (χ2n) is 6.28. The summed E-state index contributed by atoms with van der Waals surface area (Å²) in [6.45, 7) is 3.16. The largest absolute Gasteiger partial charge is 0.375 e. The number of aryl methyl sites for hydroxylation is 1. The van der Waals surface area contributed by atoms with E-state index in [4.69, 9.17) is 10.7 Å². The zero-order chi connectivity index (χ0) is 17.4. The van der Waals surface area contributed by atoms with Crippen LogP contribution < -0.4 is 11.1 Å². The predicted octanol–water partition coefficient (Wildman–Crippen LogP) is 2.96. The summed E-state index contributed by atoms with van der Waals surface area (Å²) in [7, 11) is 0. The molecule has 1 atom stereocenters. The highest BCUT2D eigenvalue weighted by Crippen LogP contribution is 2.31. The number of urea groups is 1. The average Bonchev–Trinajstić information content (AvgIpc) is 3.31. The van der Waals surface area contributed by atoms with Gasteiger partial charge in [-0.1, -0.05) is 12.1 Å². The third-order valence-corrected chi connectivity index (χ3v) is 5.27. The van der Waals surface area contributed by atoms with Crippen molar-refractivity contribution >= 4 is 33.5 Å². The number of para-hydroxylation sites is 1. The van der Waals surface area contributed by atoms with Crippen molar-refractivity contribution in [3.63, 3.8) is 0 Å². The molecule has 1 fully saturated rings. The number of nitrogen functional groups attached to an aromatic ring is 1. The molecule has 3 aromatic rings. The van der Waals surface area contributed by atoms with Crippen LogP contribution in [-0.2, 0) is 6.54 Å². The summed E-state index contributed by atoms with van der Waals surface area (Å²) in [6, 6.07) is 5.97. The van der Waals surface area contributed by atoms with E-state index in [0.29, 0.717) is 11.7 Å². The Hall–Kier alpha value is -2.61. The fraction of sp³-hybridized carbons (Fsp3) is 0.353. The van der Waals surface area contributed by atoms with Gasteiger partial charge in [-0.3, -0.25) is 0 Å². The molecule has 0 spiro atoms. The van der Waals surface area contributed by atoms with Gasteiger partial charge in [-0.15, -0.1) is 11.3 Å². The van der Waals surface area contributed by atoms with Gasteiger partial charge >= 0.3 is 6.03 Å². The summed E-state index contributed by atoms with van der Waals surface area (Å²) >= 11 is 1.38. The van der Waals surface area contributed by atoms with Gasteiger partial charge in [-0.2, -0.15) is 0 Å². The lowest BCUT2D eigenvalue weighted by molar-refractivity contribution is 0.190. The normalized spacial score (nSPS) is 17.3. The van der Waals surface area contributed by atoms with Gasteiger partial charge in [0.2, 0.25) is 0 Å². The number of hydrogen-bond acceptors (Lipinski definition) is 5. The van der Waals surface area contributed by atoms with Crippen LogP contribution in [0.5, 0.6) is 0 Å². The van der Waals surface area contributed by atoms with E-state index >= 15 is 0 Å². The number of thiazole rings is 1. The van der Waals surface area contributed by atoms with E-state index in [9.17, 15) is 4.79 Å². The van der Waals surface area contributed by atoms with Crippen LogP contribution in [0.15, 0.2) is 23.6 Å². The maximum Gasteiger partial charge on any atom is 0.318 e. The Labute approximate surface area is 149 Å². The van der Waals surface area contributed by atoms with Crippen molar-refractivity contribution in [2.24, 2.45) is 0 Å². The minimum Gasteiger partial charge on any atom is -0.375 e. The Morgan fingerprint density at radius 1 is 1.48 bits per heavy atom. The summed E-state index contributed by atoms with van der Waals surface area (Å²) in [4.78, 5) is 26.8. The first-order chi connectivity index (χ1) is 12.1. The van der Waals surface area contributed by atoms with Crippen molar-refractivity contribution in [1.29, 1.82) is 0 Å². The van der Waals surface area contributed by atoms with E-state index in [1.807, 2.05) is 35.4 Å². The first-order valence-electron chi connectivity index (χ1n) is 8.31. The topological polar surface area (TPSA) is 99.9 Å². The van der Waals surface area contributed by atoms with Crippen molar-refractivity contribution in [1.82, 2.24) is 25.2 Å². The Kier molecular flexibility index (Phi) is 4.04. The molecule has 3 heterocycles. The number of aromatic amines is 1. The van der Waals surface area contributed by atoms with Crippen LogP contribution in [0.3, 0.4) is 0 Å². The van der Waals surface area contributed by atoms with E-state index in [-0.39, 0.29) is 12.1 Å². The fourth-order valence-corrected chi connectivity index (χ4v) is 3.88. The number of nitrogens with zero attached hydrogens (tertiary/aromatic N) is 3. The van der Waals surface area contributed by atoms with Gasteiger partial charge < -0.3 is 20.9 Å². The van der Waals surface area contributed by atoms with E-state index in [1.54, 1.807) is 0 Å². The number of anilines is 1. The molecule has 7 nitrogen and oxygen atoms in total. The molecule has 2 amide bonds. The maximum absolute atomic E-state index is 12.6. The lowest BCUT2D eigenvalue weighted by atomic mass is 10.2. The highest BCUT2D eigenvalue weighted by Gasteiger charge is 2.32. The highest BCUT2D eigenvalue weighted by molar-refractivity contribution is 7.13. The van der Waals surface area contributed by atoms with Crippen molar-refractivity contribution in [2.75, 3.05) is 12.3 Å². The van der Waals surface area contributed by atoms with Gasteiger partial charge in [0.05, 0.1) is 29.3 Å². The third-order valence-electron chi connectivity index (χ3n) is 4.55. The Morgan fingerprint density at radius 2 is 2.36 bits per heavy atom. The number of likely N-dealkylation sites (tertiary alicyclic amines) is 1. The molecule has 1 aliphatic heterocycles. The zero-order valence-corrected chi connectivity index (χ0v) is 14.8. The van der Waals surface area contributed by atoms with E-state index in [2.05, 4.69) is 15.3 Å². The van der Waals surface area contributed by atoms with Crippen molar-refractivity contribution < 1.29 is 4.79 Å². The molecule has 2 aromatic heterocycles. The fourth-order valence-electron chi connectivity index (χ4n) is 3.32. The molecular formula is C17H20N6OS. The molecule has 25 heavy (non-hydrogen) atoms. The SMILES string of the molecule is Cc1cccc2[nH]c([C@@H]3CCCN3C(=O)NCc3csc(N)n3)nc12. The molecule has 0 aliphatic carbocycles. The number of aromatic nitrogens is 3. The number of H-pyrrole nitrogens is 1. The summed E-state index contributed by atoms with van der Waals surface area (Å²) in [6.07, 6.45) is 1.88. The molecular weight excluding hydrogens is 336 g/mol. The second-order valence-corrected chi connectivity index (χ2v) is 7.17. The molecule has 0 bridgehead atoms. The molecule has 1 saturated heterocycles. The number of nitrogens with two attached hydrogens (primary N) is 1. The van der Waals surface area contributed by atoms with Gasteiger partial charge in [-0.05, 0) is 31.4 Å². The number of rotatable bonds is 3. The van der Waals surface area contributed by atoms with Crippen LogP contribution in [0.25, 0.3) is 11.0 Å². The molecule has 0 radical (unpaired) electrons. The number of fused-ring (bicyclic) bond motifs is 1. The van der Waals surface area contributed by atoms with Crippen molar-refractivity contribution in [3.05, 3.63) is 40.7 Å². The number of nitrogens with one attached hydrogen (secondary N) is 2. The average molecular weight is 356 g/mol. The van der Waals surface area contributed by atoms with Crippen molar-refractivity contribution in [3.8, 4) is 0 Å². The number of carbonyl (C=O) groups excluding carboxylic acids is 1. The minimum atomic E-state index is -0.0914. The van der Waals surface area contributed by atoms with Crippen LogP contribution in [-0.4, -0.2) is 32.4 Å². The zero-order valence-electron chi connectivity index (χ0n) is 14.0. The molecule has 4 N–H and O–H groups in total. The van der Waals surface area contributed by atoms with Gasteiger partial charge in [0, 0.05) is 11.9 Å². The summed E-state index contributed by atoms with van der Waals surface area (Å²) in [5.74, 6) is 0.856. The van der Waals surface area contributed by atoms with Crippen LogP contribution in [0.1, 0.15) is 36.0 Å². The highest BCUT2D eigenvalue weighted by atomic mass is 32.1. The van der Waals surface area contributed by atoms with Crippen LogP contribution in [0.2, 0.25) is 0 Å². The van der Waals surface area contributed by atoms with Crippen LogP contribution in [0.4, 0.5) is 9.93 Å². The van der Waals surface area contributed by atoms with Crippen LogP contribution in [0, 0.1) is 6.92 Å². The van der Waals surface area contributed by atoms with Gasteiger partial charge in [0.1, 0.15) is 5.82 Å². The molecule has 1 aliphatic rings. The number of amides is 2. The second kappa shape index (κ2) is 6.36. The summed E-state index contributed by atoms with van der Waals surface area (Å²) in [5.41, 5.74) is 9.53. The predicted molar refractivity (Wildman–Crippen MR) is 98.3 cm³/mol. The number of carbonyl (C=O) groups is 1. The maximum atomic E-state index is 12.6. The van der Waals surface area contributed by atoms with E-state index in [1.165, 1.54) is 11.3 Å². The van der Waals surface area contributed by atoms with Gasteiger partial charge in [-0.25, -0.2) is 14.8 Å². The first-order valence-corrected chi connectivity index (χ1v) is 9.19. The summed E-state index contributed by atoms with van der Waals surface area (Å²) in [5, 5.41) is 5.31. The van der Waals surface area contributed by atoms with Gasteiger partial charge in [0.25, 0.3) is 0 Å². The van der Waals surface area contributed by atoms with E-state index < -0.39 is 0 Å². The molecule has 8 heteroatoms. The first kappa shape index (κ1) is 15.9. The molecule has 130 valence electrons. The Morgan fingerprint density at radius 3 is 3.12 bits per heavy atom. The lowest BCUT2D eigenvalue weighted by Gasteiger charge is -2.23. The molecule has 1 aromatic carbocycles.